The first-order valence-electron chi connectivity index (χ1n) is 8.15. The molecule has 0 aliphatic carbocycles. The number of nitrogens with one attached hydrogen (secondary N) is 1. The summed E-state index contributed by atoms with van der Waals surface area (Å²) in [6.07, 6.45) is 3.74. The van der Waals surface area contributed by atoms with Crippen LogP contribution in [0.2, 0.25) is 0 Å². The highest BCUT2D eigenvalue weighted by atomic mass is 16.5. The molecule has 0 aromatic heterocycles. The number of rotatable bonds is 2. The van der Waals surface area contributed by atoms with Crippen LogP contribution in [-0.4, -0.2) is 73.6 Å². The molecule has 2 amide bonds. The molecule has 0 aromatic carbocycles. The average molecular weight is 295 g/mol. The van der Waals surface area contributed by atoms with E-state index >= 15 is 0 Å². The first-order valence-corrected chi connectivity index (χ1v) is 8.15. The maximum atomic E-state index is 12.7. The molecule has 2 atom stereocenters. The fourth-order valence-electron chi connectivity index (χ4n) is 3.58. The van der Waals surface area contributed by atoms with E-state index in [-0.39, 0.29) is 23.8 Å². The maximum Gasteiger partial charge on any atom is 0.245 e. The van der Waals surface area contributed by atoms with E-state index in [0.717, 1.165) is 45.3 Å². The minimum Gasteiger partial charge on any atom is -0.378 e. The van der Waals surface area contributed by atoms with Crippen molar-refractivity contribution >= 4 is 11.8 Å². The Balaban J connectivity index is 1.63. The molecule has 1 N–H and O–H groups in total. The van der Waals surface area contributed by atoms with Crippen molar-refractivity contribution in [2.75, 3.05) is 45.9 Å². The number of piperidine rings is 1. The molecule has 3 fully saturated rings. The Morgan fingerprint density at radius 1 is 1.00 bits per heavy atom. The summed E-state index contributed by atoms with van der Waals surface area (Å²) in [5, 5.41) is 3.29. The molecule has 3 saturated heterocycles. The van der Waals surface area contributed by atoms with Gasteiger partial charge in [0, 0.05) is 26.2 Å². The highest BCUT2D eigenvalue weighted by Gasteiger charge is 2.39. The van der Waals surface area contributed by atoms with Crippen molar-refractivity contribution in [3.8, 4) is 0 Å². The molecular weight excluding hydrogens is 270 g/mol. The van der Waals surface area contributed by atoms with Crippen LogP contribution in [0.3, 0.4) is 0 Å². The topological polar surface area (TPSA) is 61.9 Å². The van der Waals surface area contributed by atoms with Crippen molar-refractivity contribution in [1.29, 1.82) is 0 Å². The van der Waals surface area contributed by atoms with E-state index in [1.54, 1.807) is 0 Å². The van der Waals surface area contributed by atoms with Crippen LogP contribution in [0.4, 0.5) is 0 Å². The number of amides is 2. The monoisotopic (exact) mass is 295 g/mol. The van der Waals surface area contributed by atoms with Gasteiger partial charge in [-0.1, -0.05) is 0 Å². The van der Waals surface area contributed by atoms with Crippen LogP contribution in [-0.2, 0) is 14.3 Å². The number of carbonyl (C=O) groups is 2. The van der Waals surface area contributed by atoms with Gasteiger partial charge in [-0.2, -0.15) is 0 Å². The van der Waals surface area contributed by atoms with E-state index in [2.05, 4.69) is 5.32 Å². The molecule has 0 saturated carbocycles. The highest BCUT2D eigenvalue weighted by Crippen LogP contribution is 2.24. The molecule has 0 aromatic rings. The molecule has 0 spiro atoms. The predicted octanol–water partition coefficient (Wildman–Crippen LogP) is -0.164. The molecular formula is C15H25N3O3. The van der Waals surface area contributed by atoms with Gasteiger partial charge in [-0.25, -0.2) is 0 Å². The smallest absolute Gasteiger partial charge is 0.245 e. The lowest BCUT2D eigenvalue weighted by molar-refractivity contribution is -0.148. The molecule has 3 aliphatic heterocycles. The van der Waals surface area contributed by atoms with Crippen molar-refractivity contribution in [2.24, 2.45) is 5.92 Å². The summed E-state index contributed by atoms with van der Waals surface area (Å²) in [6.45, 7) is 5.02. The molecule has 0 radical (unpaired) electrons. The number of ether oxygens (including phenoxy) is 1. The van der Waals surface area contributed by atoms with Gasteiger partial charge in [-0.05, 0) is 32.2 Å². The Hall–Kier alpha value is -1.14. The molecule has 21 heavy (non-hydrogen) atoms. The molecule has 6 nitrogen and oxygen atoms in total. The zero-order valence-electron chi connectivity index (χ0n) is 12.6. The lowest BCUT2D eigenvalue weighted by atomic mass is 9.97. The number of morpholine rings is 1. The third kappa shape index (κ3) is 3.21. The van der Waals surface area contributed by atoms with Crippen LogP contribution < -0.4 is 5.32 Å². The van der Waals surface area contributed by atoms with Crippen molar-refractivity contribution in [3.63, 3.8) is 0 Å². The summed E-state index contributed by atoms with van der Waals surface area (Å²) >= 11 is 0. The van der Waals surface area contributed by atoms with Gasteiger partial charge in [-0.3, -0.25) is 9.59 Å². The molecule has 3 aliphatic rings. The first-order chi connectivity index (χ1) is 10.3. The van der Waals surface area contributed by atoms with Crippen molar-refractivity contribution < 1.29 is 14.3 Å². The van der Waals surface area contributed by atoms with E-state index < -0.39 is 0 Å². The Labute approximate surface area is 125 Å². The van der Waals surface area contributed by atoms with E-state index in [4.69, 9.17) is 4.74 Å². The van der Waals surface area contributed by atoms with Crippen molar-refractivity contribution in [3.05, 3.63) is 0 Å². The third-order valence-corrected chi connectivity index (χ3v) is 4.79. The first kappa shape index (κ1) is 14.8. The van der Waals surface area contributed by atoms with Crippen LogP contribution in [0.1, 0.15) is 25.7 Å². The van der Waals surface area contributed by atoms with E-state index in [9.17, 15) is 9.59 Å². The Morgan fingerprint density at radius 2 is 1.81 bits per heavy atom. The van der Waals surface area contributed by atoms with Gasteiger partial charge in [0.15, 0.2) is 0 Å². The second-order valence-corrected chi connectivity index (χ2v) is 6.17. The summed E-state index contributed by atoms with van der Waals surface area (Å²) in [4.78, 5) is 29.1. The third-order valence-electron chi connectivity index (χ3n) is 4.79. The summed E-state index contributed by atoms with van der Waals surface area (Å²) in [6, 6.07) is -0.238. The standard InChI is InChI=1S/C15H25N3O3/c19-14(12-3-1-5-16-11-12)18-6-2-4-13(18)15(20)17-7-9-21-10-8-17/h12-13,16H,1-11H2/t12-,13?/m1/s1. The van der Waals surface area contributed by atoms with Gasteiger partial charge < -0.3 is 19.9 Å². The number of hydrogen-bond donors (Lipinski definition) is 1. The lowest BCUT2D eigenvalue weighted by Crippen LogP contribution is -2.53. The van der Waals surface area contributed by atoms with E-state index in [1.807, 2.05) is 9.80 Å². The molecule has 118 valence electrons. The van der Waals surface area contributed by atoms with Gasteiger partial charge in [-0.15, -0.1) is 0 Å². The minimum atomic E-state index is -0.238. The Bertz CT molecular complexity index is 354. The largest absolute Gasteiger partial charge is 0.378 e. The average Bonchev–Trinajstić information content (AvgIpc) is 3.04. The Kier molecular flexibility index (Phi) is 4.75. The molecule has 0 bridgehead atoms. The van der Waals surface area contributed by atoms with Crippen LogP contribution in [0.15, 0.2) is 0 Å². The van der Waals surface area contributed by atoms with E-state index in [0.29, 0.717) is 26.3 Å². The van der Waals surface area contributed by atoms with Gasteiger partial charge in [0.1, 0.15) is 6.04 Å². The second-order valence-electron chi connectivity index (χ2n) is 6.17. The minimum absolute atomic E-state index is 0.0526. The van der Waals surface area contributed by atoms with Crippen molar-refractivity contribution in [2.45, 2.75) is 31.7 Å². The maximum absolute atomic E-state index is 12.7. The SMILES string of the molecule is O=C(C1CCCN1C(=O)[C@@H]1CCCNC1)N1CCOCC1. The van der Waals surface area contributed by atoms with Gasteiger partial charge >= 0.3 is 0 Å². The Morgan fingerprint density at radius 3 is 2.52 bits per heavy atom. The predicted molar refractivity (Wildman–Crippen MR) is 77.7 cm³/mol. The van der Waals surface area contributed by atoms with Crippen LogP contribution >= 0.6 is 0 Å². The van der Waals surface area contributed by atoms with Gasteiger partial charge in [0.25, 0.3) is 0 Å². The van der Waals surface area contributed by atoms with Crippen LogP contribution in [0, 0.1) is 5.92 Å². The molecule has 3 rings (SSSR count). The fourth-order valence-corrected chi connectivity index (χ4v) is 3.58. The quantitative estimate of drug-likeness (QED) is 0.769. The van der Waals surface area contributed by atoms with Gasteiger partial charge in [0.05, 0.1) is 19.1 Å². The molecule has 3 heterocycles. The van der Waals surface area contributed by atoms with Crippen molar-refractivity contribution in [1.82, 2.24) is 15.1 Å². The summed E-state index contributed by atoms with van der Waals surface area (Å²) in [7, 11) is 0. The molecule has 6 heteroatoms. The molecule has 1 unspecified atom stereocenters. The van der Waals surface area contributed by atoms with E-state index in [1.165, 1.54) is 0 Å². The summed E-state index contributed by atoms with van der Waals surface area (Å²) in [5.74, 6) is 0.344. The number of hydrogen-bond acceptors (Lipinski definition) is 4. The second kappa shape index (κ2) is 6.75. The number of nitrogens with zero attached hydrogens (tertiary/aromatic N) is 2. The van der Waals surface area contributed by atoms with Crippen LogP contribution in [0.25, 0.3) is 0 Å². The lowest BCUT2D eigenvalue weighted by Gasteiger charge is -2.34. The summed E-state index contributed by atoms with van der Waals surface area (Å²) in [5.41, 5.74) is 0. The van der Waals surface area contributed by atoms with Gasteiger partial charge in [0.2, 0.25) is 11.8 Å². The zero-order chi connectivity index (χ0) is 14.7. The normalized spacial score (nSPS) is 30.5. The number of carbonyl (C=O) groups excluding carboxylic acids is 2. The number of likely N-dealkylation sites (tertiary alicyclic amines) is 1. The zero-order valence-corrected chi connectivity index (χ0v) is 12.6. The summed E-state index contributed by atoms with van der Waals surface area (Å²) < 4.78 is 5.30. The highest BCUT2D eigenvalue weighted by molar-refractivity contribution is 5.89. The fraction of sp³-hybridized carbons (Fsp3) is 0.867. The van der Waals surface area contributed by atoms with Crippen LogP contribution in [0.5, 0.6) is 0 Å².